The lowest BCUT2D eigenvalue weighted by molar-refractivity contribution is 0.0714. The van der Waals surface area contributed by atoms with Crippen molar-refractivity contribution in [3.05, 3.63) is 93.5 Å². The molecule has 5 rings (SSSR count). The maximum atomic E-state index is 12.7. The monoisotopic (exact) mass is 543 g/mol. The number of furan rings is 2. The summed E-state index contributed by atoms with van der Waals surface area (Å²) in [6, 6.07) is 17.1. The summed E-state index contributed by atoms with van der Waals surface area (Å²) < 4.78 is 10.9. The van der Waals surface area contributed by atoms with Gasteiger partial charge in [-0.15, -0.1) is 0 Å². The summed E-state index contributed by atoms with van der Waals surface area (Å²) in [6.07, 6.45) is 1.49. The molecule has 0 bridgehead atoms. The SMILES string of the molecule is O=C(Nc1ccc(N2CCN(C(=O)c3ccco3)CC2)c(Cl)c1)c1ccc(-c2ccc(Cl)c(Cl)c2)o1. The van der Waals surface area contributed by atoms with Crippen molar-refractivity contribution in [2.75, 3.05) is 36.4 Å². The molecule has 10 heteroatoms. The second kappa shape index (κ2) is 10.3. The second-order valence-electron chi connectivity index (χ2n) is 8.17. The predicted octanol–water partition coefficient (Wildman–Crippen LogP) is 6.71. The lowest BCUT2D eigenvalue weighted by Gasteiger charge is -2.36. The van der Waals surface area contributed by atoms with E-state index in [0.29, 0.717) is 64.0 Å². The maximum Gasteiger partial charge on any atom is 0.291 e. The average molecular weight is 545 g/mol. The molecule has 2 aromatic carbocycles. The first-order valence-corrected chi connectivity index (χ1v) is 12.3. The van der Waals surface area contributed by atoms with Crippen LogP contribution in [0.5, 0.6) is 0 Å². The summed E-state index contributed by atoms with van der Waals surface area (Å²) in [5, 5.41) is 4.14. The molecule has 1 saturated heterocycles. The van der Waals surface area contributed by atoms with Gasteiger partial charge in [0.05, 0.1) is 27.0 Å². The van der Waals surface area contributed by atoms with Crippen LogP contribution in [-0.4, -0.2) is 42.9 Å². The highest BCUT2D eigenvalue weighted by molar-refractivity contribution is 6.42. The summed E-state index contributed by atoms with van der Waals surface area (Å²) >= 11 is 18.6. The van der Waals surface area contributed by atoms with Gasteiger partial charge in [-0.25, -0.2) is 0 Å². The molecule has 184 valence electrons. The molecule has 1 N–H and O–H groups in total. The first-order valence-electron chi connectivity index (χ1n) is 11.1. The predicted molar refractivity (Wildman–Crippen MR) is 140 cm³/mol. The van der Waals surface area contributed by atoms with Crippen LogP contribution >= 0.6 is 34.8 Å². The first kappa shape index (κ1) is 24.3. The quantitative estimate of drug-likeness (QED) is 0.302. The number of amides is 2. The van der Waals surface area contributed by atoms with Crippen molar-refractivity contribution in [3.8, 4) is 11.3 Å². The zero-order valence-corrected chi connectivity index (χ0v) is 21.1. The molecule has 0 saturated carbocycles. The zero-order chi connectivity index (χ0) is 25.2. The van der Waals surface area contributed by atoms with E-state index in [1.807, 2.05) is 6.07 Å². The largest absolute Gasteiger partial charge is 0.459 e. The molecule has 3 heterocycles. The number of nitrogens with one attached hydrogen (secondary N) is 1. The van der Waals surface area contributed by atoms with E-state index in [1.54, 1.807) is 59.5 Å². The average Bonchev–Trinajstić information content (AvgIpc) is 3.59. The number of nitrogens with zero attached hydrogens (tertiary/aromatic N) is 2. The van der Waals surface area contributed by atoms with Gasteiger partial charge in [-0.1, -0.05) is 34.8 Å². The zero-order valence-electron chi connectivity index (χ0n) is 18.8. The van der Waals surface area contributed by atoms with E-state index in [0.717, 1.165) is 5.69 Å². The maximum absolute atomic E-state index is 12.7. The highest BCUT2D eigenvalue weighted by atomic mass is 35.5. The van der Waals surface area contributed by atoms with Crippen molar-refractivity contribution in [2.45, 2.75) is 0 Å². The number of hydrogen-bond donors (Lipinski definition) is 1. The minimum Gasteiger partial charge on any atom is -0.459 e. The van der Waals surface area contributed by atoms with Gasteiger partial charge >= 0.3 is 0 Å². The van der Waals surface area contributed by atoms with Gasteiger partial charge in [-0.3, -0.25) is 9.59 Å². The van der Waals surface area contributed by atoms with Crippen molar-refractivity contribution in [2.24, 2.45) is 0 Å². The fourth-order valence-electron chi connectivity index (χ4n) is 4.00. The van der Waals surface area contributed by atoms with Crippen LogP contribution in [0.1, 0.15) is 21.1 Å². The number of carbonyl (C=O) groups is 2. The molecule has 0 radical (unpaired) electrons. The molecule has 0 unspecified atom stereocenters. The Hall–Kier alpha value is -3.39. The Kier molecular flexibility index (Phi) is 6.96. The van der Waals surface area contributed by atoms with Crippen LogP contribution < -0.4 is 10.2 Å². The molecule has 0 spiro atoms. The molecule has 4 aromatic rings. The second-order valence-corrected chi connectivity index (χ2v) is 9.39. The Balaban J connectivity index is 1.21. The van der Waals surface area contributed by atoms with Crippen LogP contribution in [0.25, 0.3) is 11.3 Å². The summed E-state index contributed by atoms with van der Waals surface area (Å²) in [5.41, 5.74) is 2.08. The van der Waals surface area contributed by atoms with Crippen LogP contribution in [0, 0.1) is 0 Å². The summed E-state index contributed by atoms with van der Waals surface area (Å²) in [6.45, 7) is 2.35. The molecular formula is C26H20Cl3N3O4. The number of carbonyl (C=O) groups excluding carboxylic acids is 2. The lowest BCUT2D eigenvalue weighted by atomic mass is 10.2. The number of anilines is 2. The molecule has 0 atom stereocenters. The summed E-state index contributed by atoms with van der Waals surface area (Å²) in [4.78, 5) is 29.1. The number of hydrogen-bond acceptors (Lipinski definition) is 5. The number of halogens is 3. The Bertz CT molecular complexity index is 1410. The molecule has 1 aliphatic rings. The smallest absolute Gasteiger partial charge is 0.291 e. The van der Waals surface area contributed by atoms with E-state index < -0.39 is 5.91 Å². The third kappa shape index (κ3) is 5.09. The number of benzene rings is 2. The molecule has 7 nitrogen and oxygen atoms in total. The van der Waals surface area contributed by atoms with E-state index in [4.69, 9.17) is 43.6 Å². The summed E-state index contributed by atoms with van der Waals surface area (Å²) in [7, 11) is 0. The topological polar surface area (TPSA) is 78.9 Å². The molecule has 0 aliphatic carbocycles. The van der Waals surface area contributed by atoms with Gasteiger partial charge in [0.1, 0.15) is 5.76 Å². The van der Waals surface area contributed by atoms with Gasteiger partial charge in [-0.05, 0) is 60.7 Å². The Morgan fingerprint density at radius 2 is 1.61 bits per heavy atom. The van der Waals surface area contributed by atoms with Gasteiger partial charge in [0.15, 0.2) is 11.5 Å². The van der Waals surface area contributed by atoms with Gasteiger partial charge in [0.2, 0.25) is 0 Å². The number of piperazine rings is 1. The molecule has 1 fully saturated rings. The van der Waals surface area contributed by atoms with Crippen molar-refractivity contribution >= 4 is 58.0 Å². The highest BCUT2D eigenvalue weighted by Gasteiger charge is 2.25. The van der Waals surface area contributed by atoms with Crippen molar-refractivity contribution in [3.63, 3.8) is 0 Å². The number of rotatable bonds is 5. The van der Waals surface area contributed by atoms with E-state index in [-0.39, 0.29) is 11.7 Å². The van der Waals surface area contributed by atoms with Crippen LogP contribution in [-0.2, 0) is 0 Å². The standard InChI is InChI=1S/C26H20Cl3N3O4/c27-18-5-3-16(14-19(18)28)22-7-8-23(36-22)25(33)30-17-4-6-21(20(29)15-17)31-9-11-32(12-10-31)26(34)24-2-1-13-35-24/h1-8,13-15H,9-12H2,(H,30,33). The van der Waals surface area contributed by atoms with Gasteiger partial charge in [0.25, 0.3) is 11.8 Å². The van der Waals surface area contributed by atoms with Gasteiger partial charge in [0, 0.05) is 37.4 Å². The highest BCUT2D eigenvalue weighted by Crippen LogP contribution is 2.32. The van der Waals surface area contributed by atoms with E-state index in [1.165, 1.54) is 6.26 Å². The van der Waals surface area contributed by atoms with Crippen LogP contribution in [0.15, 0.2) is 75.8 Å². The molecule has 2 amide bonds. The Morgan fingerprint density at radius 1 is 0.806 bits per heavy atom. The minimum absolute atomic E-state index is 0.121. The molecule has 2 aromatic heterocycles. The molecule has 1 aliphatic heterocycles. The third-order valence-corrected chi connectivity index (χ3v) is 6.92. The van der Waals surface area contributed by atoms with Gasteiger partial charge < -0.3 is 24.0 Å². The normalized spacial score (nSPS) is 13.6. The van der Waals surface area contributed by atoms with Crippen molar-refractivity contribution < 1.29 is 18.4 Å². The van der Waals surface area contributed by atoms with Crippen molar-refractivity contribution in [1.29, 1.82) is 0 Å². The van der Waals surface area contributed by atoms with E-state index in [9.17, 15) is 9.59 Å². The van der Waals surface area contributed by atoms with E-state index >= 15 is 0 Å². The minimum atomic E-state index is -0.407. The molecule has 36 heavy (non-hydrogen) atoms. The van der Waals surface area contributed by atoms with Gasteiger partial charge in [-0.2, -0.15) is 0 Å². The fraction of sp³-hybridized carbons (Fsp3) is 0.154. The third-order valence-electron chi connectivity index (χ3n) is 5.88. The van der Waals surface area contributed by atoms with E-state index in [2.05, 4.69) is 10.2 Å². The van der Waals surface area contributed by atoms with Crippen LogP contribution in [0.3, 0.4) is 0 Å². The lowest BCUT2D eigenvalue weighted by Crippen LogP contribution is -2.48. The summed E-state index contributed by atoms with van der Waals surface area (Å²) in [5.74, 6) is 0.451. The van der Waals surface area contributed by atoms with Crippen LogP contribution in [0.2, 0.25) is 15.1 Å². The fourth-order valence-corrected chi connectivity index (χ4v) is 4.60. The van der Waals surface area contributed by atoms with Crippen molar-refractivity contribution in [1.82, 2.24) is 4.90 Å². The Labute approximate surface area is 222 Å². The Morgan fingerprint density at radius 3 is 2.31 bits per heavy atom. The first-order chi connectivity index (χ1) is 17.4. The molecular weight excluding hydrogens is 525 g/mol. The van der Waals surface area contributed by atoms with Crippen LogP contribution in [0.4, 0.5) is 11.4 Å².